The number of alkyl carbamates (subject to hydrolysis) is 2. The van der Waals surface area contributed by atoms with Gasteiger partial charge in [0.05, 0.1) is 93.9 Å². The number of anilines is 1. The van der Waals surface area contributed by atoms with Crippen LogP contribution in [0.1, 0.15) is 119 Å². The lowest BCUT2D eigenvalue weighted by Crippen LogP contribution is -2.62. The van der Waals surface area contributed by atoms with Crippen molar-refractivity contribution in [2.24, 2.45) is 28.6 Å². The third-order valence-electron chi connectivity index (χ3n) is 21.1. The minimum absolute atomic E-state index is 0.130. The Balaban J connectivity index is 1.17. The van der Waals surface area contributed by atoms with E-state index in [1.807, 2.05) is 5.32 Å². The number of ketones is 1. The molecule has 4 unspecified atom stereocenters. The molecule has 6 N–H and O–H groups in total. The first-order valence-electron chi connectivity index (χ1n) is 36.1. The predicted octanol–water partition coefficient (Wildman–Crippen LogP) is 9.07. The number of carboxylic acid groups (broad SMARTS) is 1. The van der Waals surface area contributed by atoms with Crippen LogP contribution < -0.4 is 25.5 Å². The number of hydrazine groups is 1. The van der Waals surface area contributed by atoms with Gasteiger partial charge in [0, 0.05) is 103 Å². The average Bonchev–Trinajstić information content (AvgIpc) is 0.907. The number of aliphatic carboxylic acids is 1. The number of rotatable bonds is 30. The van der Waals surface area contributed by atoms with E-state index in [0.29, 0.717) is 106 Å². The summed E-state index contributed by atoms with van der Waals surface area (Å²) in [6, 6.07) is 5.93. The van der Waals surface area contributed by atoms with Crippen molar-refractivity contribution in [1.29, 1.82) is 0 Å². The molecule has 0 saturated carbocycles. The summed E-state index contributed by atoms with van der Waals surface area (Å²) in [6.07, 6.45) is -14.3. The Morgan fingerprint density at radius 1 is 0.748 bits per heavy atom. The van der Waals surface area contributed by atoms with Gasteiger partial charge in [0.2, 0.25) is 11.9 Å². The van der Waals surface area contributed by atoms with E-state index in [9.17, 15) is 57.0 Å². The number of aromatic nitrogens is 4. The molecule has 3 aromatic carbocycles. The highest BCUT2D eigenvalue weighted by atomic mass is 31.2. The zero-order valence-corrected chi connectivity index (χ0v) is 65.0. The first-order valence-corrected chi connectivity index (χ1v) is 37.7. The summed E-state index contributed by atoms with van der Waals surface area (Å²) in [4.78, 5) is 147. The van der Waals surface area contributed by atoms with Crippen LogP contribution in [0.15, 0.2) is 73.2 Å². The van der Waals surface area contributed by atoms with Crippen LogP contribution in [0.25, 0.3) is 11.3 Å². The molecule has 9 rings (SSSR count). The maximum atomic E-state index is 17.0. The zero-order valence-electron chi connectivity index (χ0n) is 64.1. The minimum atomic E-state index is -5.64. The minimum Gasteiger partial charge on any atom is -0.481 e. The van der Waals surface area contributed by atoms with Gasteiger partial charge in [-0.05, 0) is 113 Å². The number of piperidine rings is 1. The SMILES string of the molecule is COC(=O)N[C@H](C(=O)C[C@@H](Cc1ccc(C#Cc2cnc(N3CC4CCC(C3)N4C3COC3)nc2)cc1)[C@H](CN(Cc1c(F)cc(-c2ccn(C(F)F)n2)cc1F)NC(=O)[C@@H](NC(=O)OC)C(C)(C)C(F)(F)F)OC(=O)CC(C)(C)c1c(CC(=O)N2CC(C(=O)O)CC(C(=O)OC)C2)cc(C)cc1OP(=O)(O)O)C(C)(C)C(F)(F)F. The molecule has 0 radical (unpaired) electrons. The van der Waals surface area contributed by atoms with Crippen LogP contribution in [0.2, 0.25) is 0 Å². The van der Waals surface area contributed by atoms with Crippen LogP contribution in [0.3, 0.4) is 0 Å². The number of esters is 2. The molecule has 4 aliphatic rings. The van der Waals surface area contributed by atoms with Crippen molar-refractivity contribution in [3.8, 4) is 28.8 Å². The number of amides is 4. The van der Waals surface area contributed by atoms with Crippen LogP contribution in [-0.2, 0) is 81.8 Å². The number of hydrogen-bond donors (Lipinski definition) is 6. The summed E-state index contributed by atoms with van der Waals surface area (Å²) in [7, 11) is -3.10. The number of aryl methyl sites for hydroxylation is 1. The number of phosphoric ester groups is 1. The van der Waals surface area contributed by atoms with E-state index in [2.05, 4.69) is 51.6 Å². The zero-order chi connectivity index (χ0) is 84.8. The molecule has 4 saturated heterocycles. The second kappa shape index (κ2) is 36.0. The fourth-order valence-electron chi connectivity index (χ4n) is 14.7. The lowest BCUT2D eigenvalue weighted by molar-refractivity contribution is -0.221. The fourth-order valence-corrected chi connectivity index (χ4v) is 15.1. The number of Topliss-reactive ketones (excluding diaryl/α,β-unsaturated/α-hetero) is 1. The number of nitrogens with zero attached hydrogens (tertiary/aromatic N) is 8. The number of carbonyl (C=O) groups excluding carboxylic acids is 7. The van der Waals surface area contributed by atoms with Crippen molar-refractivity contribution < 1.29 is 130 Å². The van der Waals surface area contributed by atoms with Crippen LogP contribution in [0.5, 0.6) is 5.75 Å². The molecule has 4 amide bonds. The van der Waals surface area contributed by atoms with Crippen molar-refractivity contribution in [3.05, 3.63) is 124 Å². The monoisotopic (exact) mass is 1650 g/mol. The Bertz CT molecular complexity index is 4500. The van der Waals surface area contributed by atoms with E-state index in [4.69, 9.17) is 18.7 Å². The van der Waals surface area contributed by atoms with Crippen molar-refractivity contribution >= 4 is 61.5 Å². The standard InChI is InChI=1S/C75H88F10N11O18P/c1-40-21-46(28-59(98)92-32-47(65(101)102)24-48(33-92)66(103)109-8)61(57(22-40)114-115(106,107)108)71(2,3)29-60(99)113-58(37-94(91-64(100)63(89-70(105)111-10)73(6,7)75(83,84)85)36-52-53(76)25-44(26-54(52)77)55-19-20-95(90-55)67(78)79)45(27-56(97)62(88-69(104)110-9)72(4,5)74(80,81)82)23-42-14-11-41(12-15-42)13-16-43-30-86-68(87-31-43)93-34-49-17-18-50(35-93)96(49)51-38-112-39-51/h11-12,14-15,19-22,25-26,30-31,45,47-51,58,62-63,67H,17-18,23-24,27-29,32-39H2,1-10H3,(H,88,104)(H,89,105)(H,91,100)(H,101,102)(H2,106,107,108)/t45-,47?,48?,49?,50?,58+,62-,63-/m1/s1. The summed E-state index contributed by atoms with van der Waals surface area (Å²) < 4.78 is 197. The molecule has 115 heavy (non-hydrogen) atoms. The van der Waals surface area contributed by atoms with Gasteiger partial charge in [-0.25, -0.2) is 42.6 Å². The van der Waals surface area contributed by atoms with Gasteiger partial charge >= 0.3 is 56.8 Å². The largest absolute Gasteiger partial charge is 0.524 e. The van der Waals surface area contributed by atoms with Crippen molar-refractivity contribution in [2.45, 2.75) is 161 Å². The molecule has 626 valence electrons. The quantitative estimate of drug-likeness (QED) is 0.00623. The lowest BCUT2D eigenvalue weighted by atomic mass is 9.77. The molecular weight excluding hydrogens is 1560 g/mol. The topological polar surface area (TPSA) is 362 Å². The molecule has 4 fully saturated rings. The number of alkyl halides is 8. The van der Waals surface area contributed by atoms with E-state index in [0.717, 1.165) is 57.4 Å². The second-order valence-corrected chi connectivity index (χ2v) is 31.7. The van der Waals surface area contributed by atoms with Gasteiger partial charge in [-0.2, -0.15) is 40.2 Å². The average molecular weight is 1650 g/mol. The first kappa shape index (κ1) is 88.9. The number of benzene rings is 3. The maximum Gasteiger partial charge on any atom is 0.524 e. The van der Waals surface area contributed by atoms with Gasteiger partial charge in [-0.15, -0.1) is 0 Å². The van der Waals surface area contributed by atoms with E-state index in [-0.39, 0.29) is 39.9 Å². The van der Waals surface area contributed by atoms with Gasteiger partial charge in [0.15, 0.2) is 5.78 Å². The second-order valence-electron chi connectivity index (χ2n) is 30.5. The van der Waals surface area contributed by atoms with Gasteiger partial charge in [-0.1, -0.05) is 43.9 Å². The van der Waals surface area contributed by atoms with Crippen LogP contribution >= 0.6 is 7.82 Å². The Kier molecular flexibility index (Phi) is 27.9. The van der Waals surface area contributed by atoms with Crippen LogP contribution in [0.4, 0.5) is 59.4 Å². The molecule has 40 heteroatoms. The number of phosphoric acid groups is 1. The van der Waals surface area contributed by atoms with Gasteiger partial charge < -0.3 is 53.7 Å². The number of piperazine rings is 1. The first-order chi connectivity index (χ1) is 53.7. The molecule has 6 heterocycles. The van der Waals surface area contributed by atoms with Gasteiger partial charge in [0.25, 0.3) is 5.91 Å². The number of carbonyl (C=O) groups is 8. The third-order valence-corrected chi connectivity index (χ3v) is 21.5. The summed E-state index contributed by atoms with van der Waals surface area (Å²) in [5.41, 5.74) is -7.85. The number of fused-ring (bicyclic) bond motifs is 2. The maximum absolute atomic E-state index is 17.0. The van der Waals surface area contributed by atoms with Crippen molar-refractivity contribution in [1.82, 2.24) is 50.6 Å². The summed E-state index contributed by atoms with van der Waals surface area (Å²) >= 11 is 0. The Labute approximate surface area is 653 Å². The molecule has 0 aliphatic carbocycles. The van der Waals surface area contributed by atoms with Crippen LogP contribution in [0, 0.1) is 59.0 Å². The van der Waals surface area contributed by atoms with Crippen molar-refractivity contribution in [3.63, 3.8) is 0 Å². The Morgan fingerprint density at radius 3 is 1.85 bits per heavy atom. The fraction of sp³-hybridized carbons (Fsp3) is 0.533. The molecule has 5 aromatic rings. The summed E-state index contributed by atoms with van der Waals surface area (Å²) in [6.45, 7) is 2.02. The number of methoxy groups -OCH3 is 3. The highest BCUT2D eigenvalue weighted by Gasteiger charge is 2.58. The molecule has 4 aliphatic heterocycles. The van der Waals surface area contributed by atoms with E-state index < -0.39 is 206 Å². The number of ether oxygens (including phenoxy) is 5. The van der Waals surface area contributed by atoms with E-state index in [1.54, 1.807) is 5.32 Å². The lowest BCUT2D eigenvalue weighted by Gasteiger charge is -2.47. The van der Waals surface area contributed by atoms with E-state index >= 15 is 44.7 Å². The van der Waals surface area contributed by atoms with Crippen molar-refractivity contribution in [2.75, 3.05) is 72.2 Å². The highest BCUT2D eigenvalue weighted by Crippen LogP contribution is 2.48. The number of halogens is 10. The number of hydrogen-bond acceptors (Lipinski definition) is 21. The Hall–Kier alpha value is -10.0. The molecule has 2 bridgehead atoms. The summed E-state index contributed by atoms with van der Waals surface area (Å²) in [5.74, 6) is -9.55. The molecule has 29 nitrogen and oxygen atoms in total. The molecule has 8 atom stereocenters. The smallest absolute Gasteiger partial charge is 0.481 e. The normalized spacial score (nSPS) is 18.7. The molecule has 0 spiro atoms. The van der Waals surface area contributed by atoms with Crippen LogP contribution in [-0.4, -0.2) is 213 Å². The highest BCUT2D eigenvalue weighted by molar-refractivity contribution is 7.46. The van der Waals surface area contributed by atoms with Gasteiger partial charge in [-0.3, -0.25) is 48.9 Å². The number of nitrogens with one attached hydrogen (secondary N) is 3. The third kappa shape index (κ3) is 21.8. The molecule has 2 aromatic heterocycles. The van der Waals surface area contributed by atoms with E-state index in [1.165, 1.54) is 63.5 Å². The Morgan fingerprint density at radius 2 is 1.32 bits per heavy atom. The van der Waals surface area contributed by atoms with Gasteiger partial charge in [0.1, 0.15) is 35.6 Å². The number of likely N-dealkylation sites (tertiary alicyclic amines) is 1. The number of carboxylic acids is 1. The molecular formula is C75H88F10N11O18P. The summed E-state index contributed by atoms with van der Waals surface area (Å²) in [5, 5.41) is 17.9. The predicted molar refractivity (Wildman–Crippen MR) is 385 cm³/mol.